The second-order valence-corrected chi connectivity index (χ2v) is 8.38. The minimum absolute atomic E-state index is 0.218. The van der Waals surface area contributed by atoms with E-state index < -0.39 is 0 Å². The lowest BCUT2D eigenvalue weighted by Crippen LogP contribution is -2.43. The smallest absolute Gasteiger partial charge is 0.322 e. The number of hydrogen-bond donors (Lipinski definition) is 1. The van der Waals surface area contributed by atoms with E-state index in [9.17, 15) is 4.79 Å². The molecular weight excluding hydrogens is 440 g/mol. The van der Waals surface area contributed by atoms with Crippen LogP contribution in [0.2, 0.25) is 5.02 Å². The van der Waals surface area contributed by atoms with Gasteiger partial charge in [0.15, 0.2) is 11.5 Å². The average Bonchev–Trinajstić information content (AvgIpc) is 2.82. The fourth-order valence-corrected chi connectivity index (χ4v) is 4.51. The van der Waals surface area contributed by atoms with Gasteiger partial charge in [0.25, 0.3) is 0 Å². The first-order valence-corrected chi connectivity index (χ1v) is 11.1. The van der Waals surface area contributed by atoms with E-state index in [-0.39, 0.29) is 12.1 Å². The Kier molecular flexibility index (Phi) is 6.65. The van der Waals surface area contributed by atoms with Gasteiger partial charge >= 0.3 is 6.03 Å². The highest BCUT2D eigenvalue weighted by Crippen LogP contribution is 2.42. The summed E-state index contributed by atoms with van der Waals surface area (Å²) in [6.07, 6.45) is 0.686. The summed E-state index contributed by atoms with van der Waals surface area (Å²) >= 11 is 6.33. The molecule has 4 rings (SSSR count). The van der Waals surface area contributed by atoms with E-state index in [0.717, 1.165) is 22.3 Å². The highest BCUT2D eigenvalue weighted by Gasteiger charge is 2.34. The van der Waals surface area contributed by atoms with E-state index in [0.29, 0.717) is 40.9 Å². The molecule has 3 aromatic rings. The molecule has 0 saturated heterocycles. The number of nitrogens with one attached hydrogen (secondary N) is 1. The predicted molar refractivity (Wildman–Crippen MR) is 130 cm³/mol. The average molecular weight is 467 g/mol. The Bertz CT molecular complexity index is 1180. The number of anilines is 1. The van der Waals surface area contributed by atoms with Crippen molar-refractivity contribution in [3.63, 3.8) is 0 Å². The number of nitrogens with zero attached hydrogens (tertiary/aromatic N) is 1. The van der Waals surface area contributed by atoms with Crippen molar-refractivity contribution in [3.05, 3.63) is 81.9 Å². The number of halogens is 1. The zero-order valence-electron chi connectivity index (χ0n) is 19.1. The molecule has 3 aromatic carbocycles. The second kappa shape index (κ2) is 9.63. The summed E-state index contributed by atoms with van der Waals surface area (Å²) in [5, 5.41) is 3.65. The fraction of sp³-hybridized carbons (Fsp3) is 0.269. The molecule has 0 spiro atoms. The molecule has 0 aromatic heterocycles. The maximum atomic E-state index is 13.6. The molecule has 33 heavy (non-hydrogen) atoms. The first kappa shape index (κ1) is 22.8. The lowest BCUT2D eigenvalue weighted by molar-refractivity contribution is 0.193. The van der Waals surface area contributed by atoms with Crippen molar-refractivity contribution < 1.29 is 19.0 Å². The van der Waals surface area contributed by atoms with Gasteiger partial charge in [0.05, 0.1) is 33.1 Å². The monoisotopic (exact) mass is 466 g/mol. The fourth-order valence-electron chi connectivity index (χ4n) is 4.31. The molecular formula is C26H27ClN2O4. The summed E-state index contributed by atoms with van der Waals surface area (Å²) in [5.41, 5.74) is 4.66. The number of rotatable bonds is 5. The van der Waals surface area contributed by atoms with Gasteiger partial charge in [-0.15, -0.1) is 0 Å². The second-order valence-electron chi connectivity index (χ2n) is 7.94. The lowest BCUT2D eigenvalue weighted by atomic mass is 9.88. The van der Waals surface area contributed by atoms with Crippen molar-refractivity contribution in [2.45, 2.75) is 19.4 Å². The molecule has 172 valence electrons. The maximum absolute atomic E-state index is 13.6. The minimum atomic E-state index is -0.344. The van der Waals surface area contributed by atoms with E-state index in [2.05, 4.69) is 5.32 Å². The number of carbonyl (C=O) groups is 1. The first-order valence-electron chi connectivity index (χ1n) is 10.7. The summed E-state index contributed by atoms with van der Waals surface area (Å²) in [6, 6.07) is 16.7. The van der Waals surface area contributed by atoms with Crippen LogP contribution in [-0.2, 0) is 6.42 Å². The maximum Gasteiger partial charge on any atom is 0.322 e. The zero-order valence-corrected chi connectivity index (χ0v) is 19.9. The normalized spacial score (nSPS) is 14.9. The molecule has 7 heteroatoms. The van der Waals surface area contributed by atoms with Gasteiger partial charge in [0, 0.05) is 11.6 Å². The SMILES string of the molecule is COc1ccc(C)cc1NC(=O)N1CCc2cc(OC)c(OC)cc2[C@H]1c1cccc(Cl)c1. The van der Waals surface area contributed by atoms with Crippen LogP contribution in [0.4, 0.5) is 10.5 Å². The quantitative estimate of drug-likeness (QED) is 0.512. The van der Waals surface area contributed by atoms with Gasteiger partial charge in [-0.05, 0) is 72.0 Å². The topological polar surface area (TPSA) is 60.0 Å². The molecule has 2 amide bonds. The summed E-state index contributed by atoms with van der Waals surface area (Å²) in [6.45, 7) is 2.50. The summed E-state index contributed by atoms with van der Waals surface area (Å²) in [5.74, 6) is 1.89. The third kappa shape index (κ3) is 4.57. The molecule has 1 atom stereocenters. The number of amides is 2. The Morgan fingerprint density at radius 3 is 2.39 bits per heavy atom. The Hall–Kier alpha value is -3.38. The summed E-state index contributed by atoms with van der Waals surface area (Å²) < 4.78 is 16.5. The molecule has 1 N–H and O–H groups in total. The molecule has 0 radical (unpaired) electrons. The van der Waals surface area contributed by atoms with Gasteiger partial charge in [-0.2, -0.15) is 0 Å². The van der Waals surface area contributed by atoms with Crippen LogP contribution in [0.15, 0.2) is 54.6 Å². The molecule has 1 aliphatic rings. The Morgan fingerprint density at radius 1 is 0.970 bits per heavy atom. The first-order chi connectivity index (χ1) is 15.9. The van der Waals surface area contributed by atoms with Gasteiger partial charge in [-0.25, -0.2) is 4.79 Å². The molecule has 1 heterocycles. The number of aryl methyl sites for hydroxylation is 1. The number of benzene rings is 3. The van der Waals surface area contributed by atoms with Gasteiger partial charge in [-0.1, -0.05) is 29.8 Å². The molecule has 0 aliphatic carbocycles. The van der Waals surface area contributed by atoms with E-state index in [1.54, 1.807) is 21.3 Å². The number of urea groups is 1. The van der Waals surface area contributed by atoms with Crippen LogP contribution in [0.25, 0.3) is 0 Å². The van der Waals surface area contributed by atoms with Crippen molar-refractivity contribution >= 4 is 23.3 Å². The highest BCUT2D eigenvalue weighted by atomic mass is 35.5. The van der Waals surface area contributed by atoms with Crippen molar-refractivity contribution in [1.29, 1.82) is 0 Å². The van der Waals surface area contributed by atoms with E-state index >= 15 is 0 Å². The highest BCUT2D eigenvalue weighted by molar-refractivity contribution is 6.30. The van der Waals surface area contributed by atoms with Crippen molar-refractivity contribution in [2.24, 2.45) is 0 Å². The minimum Gasteiger partial charge on any atom is -0.495 e. The van der Waals surface area contributed by atoms with Crippen LogP contribution < -0.4 is 19.5 Å². The Morgan fingerprint density at radius 2 is 1.70 bits per heavy atom. The lowest BCUT2D eigenvalue weighted by Gasteiger charge is -2.38. The molecule has 0 bridgehead atoms. The van der Waals surface area contributed by atoms with Crippen LogP contribution in [0.1, 0.15) is 28.3 Å². The number of ether oxygens (including phenoxy) is 3. The van der Waals surface area contributed by atoms with Crippen LogP contribution in [0.5, 0.6) is 17.2 Å². The van der Waals surface area contributed by atoms with E-state index in [4.69, 9.17) is 25.8 Å². The number of methoxy groups -OCH3 is 3. The van der Waals surface area contributed by atoms with Gasteiger partial charge in [0.2, 0.25) is 0 Å². The predicted octanol–water partition coefficient (Wildman–Crippen LogP) is 5.85. The number of hydrogen-bond acceptors (Lipinski definition) is 4. The zero-order chi connectivity index (χ0) is 23.5. The van der Waals surface area contributed by atoms with Crippen molar-refractivity contribution in [2.75, 3.05) is 33.2 Å². The van der Waals surface area contributed by atoms with Gasteiger partial charge in [-0.3, -0.25) is 0 Å². The molecule has 6 nitrogen and oxygen atoms in total. The van der Waals surface area contributed by atoms with E-state index in [1.165, 1.54) is 0 Å². The van der Waals surface area contributed by atoms with Crippen molar-refractivity contribution in [1.82, 2.24) is 4.90 Å². The van der Waals surface area contributed by atoms with Crippen LogP contribution in [-0.4, -0.2) is 38.8 Å². The molecule has 0 fully saturated rings. The van der Waals surface area contributed by atoms with Crippen LogP contribution in [0.3, 0.4) is 0 Å². The van der Waals surface area contributed by atoms with Gasteiger partial charge in [0.1, 0.15) is 5.75 Å². The van der Waals surface area contributed by atoms with Crippen LogP contribution >= 0.6 is 11.6 Å². The third-order valence-electron chi connectivity index (χ3n) is 5.90. The number of fused-ring (bicyclic) bond motifs is 1. The Balaban J connectivity index is 1.78. The van der Waals surface area contributed by atoms with Crippen LogP contribution in [0, 0.1) is 6.92 Å². The van der Waals surface area contributed by atoms with Crippen molar-refractivity contribution in [3.8, 4) is 17.2 Å². The summed E-state index contributed by atoms with van der Waals surface area (Å²) in [4.78, 5) is 15.4. The third-order valence-corrected chi connectivity index (χ3v) is 6.13. The number of carbonyl (C=O) groups excluding carboxylic acids is 1. The van der Waals surface area contributed by atoms with E-state index in [1.807, 2.05) is 66.4 Å². The van der Waals surface area contributed by atoms with Gasteiger partial charge < -0.3 is 24.4 Å². The summed E-state index contributed by atoms with van der Waals surface area (Å²) in [7, 11) is 4.82. The molecule has 0 saturated carbocycles. The largest absolute Gasteiger partial charge is 0.495 e. The Labute approximate surface area is 199 Å². The molecule has 0 unspecified atom stereocenters. The standard InChI is InChI=1S/C26H27ClN2O4/c1-16-8-9-22(31-2)21(12-16)28-26(30)29-11-10-17-14-23(32-3)24(33-4)15-20(17)25(29)18-6-5-7-19(27)13-18/h5-9,12-15,25H,10-11H2,1-4H3,(H,28,30)/t25-/m1/s1. The molecule has 1 aliphatic heterocycles.